The number of furan rings is 1. The molecule has 0 fully saturated rings. The van der Waals surface area contributed by atoms with Crippen molar-refractivity contribution in [2.75, 3.05) is 0 Å². The number of pyridine rings is 1. The minimum atomic E-state index is -0.658. The largest absolute Gasteiger partial charge is 0.472 e. The highest BCUT2D eigenvalue weighted by Crippen LogP contribution is 2.25. The maximum Gasteiger partial charge on any atom is 0.107 e. The maximum atomic E-state index is 10.2. The number of nitrogens with zero attached hydrogens (tertiary/aromatic N) is 1. The summed E-state index contributed by atoms with van der Waals surface area (Å²) in [5.74, 6) is 0. The van der Waals surface area contributed by atoms with Crippen LogP contribution in [0.2, 0.25) is 0 Å². The second-order valence-electron chi connectivity index (χ2n) is 4.36. The van der Waals surface area contributed by atoms with Crippen LogP contribution in [0.25, 0.3) is 10.9 Å². The second-order valence-corrected chi connectivity index (χ2v) is 4.36. The van der Waals surface area contributed by atoms with Crippen LogP contribution in [0.5, 0.6) is 0 Å². The lowest BCUT2D eigenvalue weighted by atomic mass is 10.0. The lowest BCUT2D eigenvalue weighted by molar-refractivity contribution is 0.219. The Balaban J connectivity index is 2.06. The normalized spacial score (nSPS) is 12.8. The number of aryl methyl sites for hydroxylation is 1. The van der Waals surface area contributed by atoms with Gasteiger partial charge in [-0.2, -0.15) is 0 Å². The first-order valence-electron chi connectivity index (χ1n) is 5.81. The quantitative estimate of drug-likeness (QED) is 0.746. The van der Waals surface area contributed by atoms with Gasteiger partial charge in [-0.1, -0.05) is 12.1 Å². The van der Waals surface area contributed by atoms with Crippen LogP contribution in [0.15, 0.2) is 53.3 Å². The van der Waals surface area contributed by atoms with E-state index in [1.165, 1.54) is 0 Å². The van der Waals surface area contributed by atoms with E-state index >= 15 is 0 Å². The molecule has 1 unspecified atom stereocenters. The smallest absolute Gasteiger partial charge is 0.107 e. The van der Waals surface area contributed by atoms with E-state index in [0.29, 0.717) is 0 Å². The van der Waals surface area contributed by atoms with Crippen LogP contribution in [-0.2, 0) is 0 Å². The molecule has 0 spiro atoms. The number of hydrogen-bond donors (Lipinski definition) is 1. The van der Waals surface area contributed by atoms with Crippen LogP contribution in [0.3, 0.4) is 0 Å². The number of hydrogen-bond acceptors (Lipinski definition) is 3. The van der Waals surface area contributed by atoms with Crippen molar-refractivity contribution in [2.24, 2.45) is 0 Å². The van der Waals surface area contributed by atoms with Gasteiger partial charge in [0.15, 0.2) is 0 Å². The predicted molar refractivity (Wildman–Crippen MR) is 69.2 cm³/mol. The van der Waals surface area contributed by atoms with Crippen LogP contribution in [0.1, 0.15) is 22.9 Å². The van der Waals surface area contributed by atoms with Crippen LogP contribution in [0.4, 0.5) is 0 Å². The average Bonchev–Trinajstić information content (AvgIpc) is 2.91. The molecule has 3 rings (SSSR count). The first kappa shape index (κ1) is 11.0. The molecular formula is C15H13NO2. The van der Waals surface area contributed by atoms with E-state index in [0.717, 1.165) is 27.7 Å². The summed E-state index contributed by atoms with van der Waals surface area (Å²) in [7, 11) is 0. The van der Waals surface area contributed by atoms with Crippen molar-refractivity contribution in [1.82, 2.24) is 4.98 Å². The van der Waals surface area contributed by atoms with Gasteiger partial charge < -0.3 is 9.52 Å². The van der Waals surface area contributed by atoms with Gasteiger partial charge in [0.05, 0.1) is 18.0 Å². The molecular weight excluding hydrogens is 226 g/mol. The summed E-state index contributed by atoms with van der Waals surface area (Å²) in [4.78, 5) is 4.44. The van der Waals surface area contributed by atoms with Crippen molar-refractivity contribution in [3.63, 3.8) is 0 Å². The van der Waals surface area contributed by atoms with Crippen molar-refractivity contribution in [3.8, 4) is 0 Å². The Morgan fingerprint density at radius 2 is 2.00 bits per heavy atom. The van der Waals surface area contributed by atoms with E-state index in [2.05, 4.69) is 4.98 Å². The molecule has 1 atom stereocenters. The third kappa shape index (κ3) is 1.89. The SMILES string of the molecule is Cc1ccc2cc(C(O)c3ccoc3)ccc2n1. The van der Waals surface area contributed by atoms with E-state index in [4.69, 9.17) is 4.42 Å². The van der Waals surface area contributed by atoms with E-state index < -0.39 is 6.10 Å². The molecule has 3 heteroatoms. The van der Waals surface area contributed by atoms with E-state index in [-0.39, 0.29) is 0 Å². The molecule has 3 aromatic rings. The Labute approximate surface area is 105 Å². The Morgan fingerprint density at radius 3 is 2.78 bits per heavy atom. The Morgan fingerprint density at radius 1 is 1.11 bits per heavy atom. The van der Waals surface area contributed by atoms with Crippen molar-refractivity contribution >= 4 is 10.9 Å². The molecule has 0 bridgehead atoms. The number of aliphatic hydroxyl groups excluding tert-OH is 1. The number of aliphatic hydroxyl groups is 1. The minimum Gasteiger partial charge on any atom is -0.472 e. The van der Waals surface area contributed by atoms with Gasteiger partial charge in [-0.3, -0.25) is 4.98 Å². The molecule has 0 saturated carbocycles. The first-order chi connectivity index (χ1) is 8.74. The van der Waals surface area contributed by atoms with Crippen LogP contribution < -0.4 is 0 Å². The molecule has 1 N–H and O–H groups in total. The standard InChI is InChI=1S/C15H13NO2/c1-10-2-3-11-8-12(4-5-14(11)16-10)15(17)13-6-7-18-9-13/h2-9,15,17H,1H3. The highest BCUT2D eigenvalue weighted by Gasteiger charge is 2.12. The van der Waals surface area contributed by atoms with Crippen LogP contribution in [-0.4, -0.2) is 10.1 Å². The van der Waals surface area contributed by atoms with Gasteiger partial charge in [-0.05, 0) is 36.8 Å². The van der Waals surface area contributed by atoms with Gasteiger partial charge in [-0.15, -0.1) is 0 Å². The number of fused-ring (bicyclic) bond motifs is 1. The van der Waals surface area contributed by atoms with Gasteiger partial charge in [0.1, 0.15) is 6.10 Å². The lowest BCUT2D eigenvalue weighted by Crippen LogP contribution is -1.98. The van der Waals surface area contributed by atoms with Crippen LogP contribution >= 0.6 is 0 Å². The van der Waals surface area contributed by atoms with Gasteiger partial charge in [0.2, 0.25) is 0 Å². The fourth-order valence-corrected chi connectivity index (χ4v) is 2.04. The fraction of sp³-hybridized carbons (Fsp3) is 0.133. The fourth-order valence-electron chi connectivity index (χ4n) is 2.04. The van der Waals surface area contributed by atoms with E-state index in [1.807, 2.05) is 37.3 Å². The molecule has 0 aliphatic rings. The van der Waals surface area contributed by atoms with Gasteiger partial charge in [-0.25, -0.2) is 0 Å². The Hall–Kier alpha value is -2.13. The molecule has 1 aromatic carbocycles. The summed E-state index contributed by atoms with van der Waals surface area (Å²) in [5, 5.41) is 11.2. The average molecular weight is 239 g/mol. The molecule has 3 nitrogen and oxygen atoms in total. The molecule has 0 radical (unpaired) electrons. The monoisotopic (exact) mass is 239 g/mol. The second kappa shape index (κ2) is 4.27. The topological polar surface area (TPSA) is 46.3 Å². The molecule has 18 heavy (non-hydrogen) atoms. The third-order valence-corrected chi connectivity index (χ3v) is 3.03. The zero-order chi connectivity index (χ0) is 12.5. The minimum absolute atomic E-state index is 0.658. The van der Waals surface area contributed by atoms with Crippen molar-refractivity contribution in [1.29, 1.82) is 0 Å². The van der Waals surface area contributed by atoms with Gasteiger partial charge in [0, 0.05) is 16.6 Å². The summed E-state index contributed by atoms with van der Waals surface area (Å²) in [5.41, 5.74) is 3.53. The molecule has 0 aliphatic carbocycles. The zero-order valence-electron chi connectivity index (χ0n) is 10.00. The molecule has 2 heterocycles. The molecule has 0 saturated heterocycles. The highest BCUT2D eigenvalue weighted by molar-refractivity contribution is 5.79. The van der Waals surface area contributed by atoms with Crippen LogP contribution in [0, 0.1) is 6.92 Å². The molecule has 0 amide bonds. The summed E-state index contributed by atoms with van der Waals surface area (Å²) in [6.07, 6.45) is 2.46. The lowest BCUT2D eigenvalue weighted by Gasteiger charge is -2.09. The Kier molecular flexibility index (Phi) is 2.61. The Bertz CT molecular complexity index is 674. The molecule has 90 valence electrons. The summed E-state index contributed by atoms with van der Waals surface area (Å²) < 4.78 is 4.99. The number of aromatic nitrogens is 1. The van der Waals surface area contributed by atoms with Crippen molar-refractivity contribution in [2.45, 2.75) is 13.0 Å². The number of benzene rings is 1. The highest BCUT2D eigenvalue weighted by atomic mass is 16.3. The number of rotatable bonds is 2. The summed E-state index contributed by atoms with van der Waals surface area (Å²) in [6, 6.07) is 11.5. The third-order valence-electron chi connectivity index (χ3n) is 3.03. The van der Waals surface area contributed by atoms with Crippen molar-refractivity contribution in [3.05, 3.63) is 65.7 Å². The molecule has 2 aromatic heterocycles. The maximum absolute atomic E-state index is 10.2. The van der Waals surface area contributed by atoms with E-state index in [9.17, 15) is 5.11 Å². The van der Waals surface area contributed by atoms with Gasteiger partial charge >= 0.3 is 0 Å². The first-order valence-corrected chi connectivity index (χ1v) is 5.81. The predicted octanol–water partition coefficient (Wildman–Crippen LogP) is 3.22. The zero-order valence-corrected chi connectivity index (χ0v) is 10.00. The van der Waals surface area contributed by atoms with Crippen molar-refractivity contribution < 1.29 is 9.52 Å². The molecule has 0 aliphatic heterocycles. The van der Waals surface area contributed by atoms with Gasteiger partial charge in [0.25, 0.3) is 0 Å². The summed E-state index contributed by atoms with van der Waals surface area (Å²) in [6.45, 7) is 1.97. The van der Waals surface area contributed by atoms with E-state index in [1.54, 1.807) is 18.6 Å². The summed E-state index contributed by atoms with van der Waals surface area (Å²) >= 11 is 0.